The second kappa shape index (κ2) is 6.51. The molecule has 1 aliphatic carbocycles. The van der Waals surface area contributed by atoms with Crippen molar-refractivity contribution in [2.75, 3.05) is 5.73 Å². The summed E-state index contributed by atoms with van der Waals surface area (Å²) in [4.78, 5) is 13.1. The van der Waals surface area contributed by atoms with Crippen molar-refractivity contribution in [2.45, 2.75) is 50.2 Å². The van der Waals surface area contributed by atoms with Crippen LogP contribution in [0.15, 0.2) is 48.5 Å². The molecule has 1 amide bonds. The summed E-state index contributed by atoms with van der Waals surface area (Å²) >= 11 is 0. The molecule has 5 heteroatoms. The van der Waals surface area contributed by atoms with E-state index in [-0.39, 0.29) is 35.4 Å². The van der Waals surface area contributed by atoms with Gasteiger partial charge in [0.25, 0.3) is 0 Å². The third-order valence-electron chi connectivity index (χ3n) is 5.31. The van der Waals surface area contributed by atoms with Crippen molar-refractivity contribution in [1.29, 1.82) is 0 Å². The number of amides is 1. The number of nitrogens with one attached hydrogen (secondary N) is 1. The van der Waals surface area contributed by atoms with Gasteiger partial charge in [-0.25, -0.2) is 0 Å². The molecule has 2 aromatic carbocycles. The predicted octanol–water partition coefficient (Wildman–Crippen LogP) is 4.14. The maximum Gasteiger partial charge on any atom is 0.231 e. The summed E-state index contributed by atoms with van der Waals surface area (Å²) in [6.07, 6.45) is 2.53. The Kier molecular flexibility index (Phi) is 4.65. The van der Waals surface area contributed by atoms with Crippen molar-refractivity contribution < 1.29 is 9.53 Å². The predicted molar refractivity (Wildman–Crippen MR) is 106 cm³/mol. The van der Waals surface area contributed by atoms with Crippen molar-refractivity contribution >= 4 is 24.0 Å². The van der Waals surface area contributed by atoms with Crippen LogP contribution in [0.4, 0.5) is 5.69 Å². The maximum absolute atomic E-state index is 13.1. The third-order valence-corrected chi connectivity index (χ3v) is 5.31. The van der Waals surface area contributed by atoms with E-state index in [1.54, 1.807) is 0 Å². The minimum Gasteiger partial charge on any atom is -0.487 e. The van der Waals surface area contributed by atoms with Crippen LogP contribution in [0.2, 0.25) is 0 Å². The summed E-state index contributed by atoms with van der Waals surface area (Å²) in [5.41, 5.74) is 8.02. The number of carbonyl (C=O) groups excluding carboxylic acids is 1. The van der Waals surface area contributed by atoms with E-state index in [4.69, 9.17) is 10.5 Å². The lowest BCUT2D eigenvalue weighted by atomic mass is 9.88. The zero-order valence-corrected chi connectivity index (χ0v) is 15.9. The van der Waals surface area contributed by atoms with Crippen molar-refractivity contribution in [3.05, 3.63) is 59.7 Å². The summed E-state index contributed by atoms with van der Waals surface area (Å²) in [6.45, 7) is 4.10. The van der Waals surface area contributed by atoms with Crippen molar-refractivity contribution in [3.63, 3.8) is 0 Å². The highest BCUT2D eigenvalue weighted by Crippen LogP contribution is 2.49. The van der Waals surface area contributed by atoms with Crippen LogP contribution < -0.4 is 15.8 Å². The van der Waals surface area contributed by atoms with Crippen LogP contribution in [-0.2, 0) is 10.2 Å². The topological polar surface area (TPSA) is 64.4 Å². The number of fused-ring (bicyclic) bond motifs is 1. The van der Waals surface area contributed by atoms with Crippen LogP contribution in [0, 0.1) is 0 Å². The number of nitrogens with two attached hydrogens (primary N) is 1. The van der Waals surface area contributed by atoms with Crippen LogP contribution in [-0.4, -0.2) is 11.5 Å². The molecule has 138 valence electrons. The number of rotatable bonds is 3. The molecule has 1 aliphatic heterocycles. The number of carbonyl (C=O) groups is 1. The van der Waals surface area contributed by atoms with Crippen LogP contribution in [0.3, 0.4) is 0 Å². The molecule has 1 unspecified atom stereocenters. The average Bonchev–Trinajstić information content (AvgIpc) is 3.37. The molecule has 1 fully saturated rings. The number of ether oxygens (including phenoxy) is 1. The van der Waals surface area contributed by atoms with Crippen molar-refractivity contribution in [3.8, 4) is 5.75 Å². The smallest absolute Gasteiger partial charge is 0.231 e. The summed E-state index contributed by atoms with van der Waals surface area (Å²) in [6, 6.07) is 15.6. The van der Waals surface area contributed by atoms with Gasteiger partial charge in [-0.15, -0.1) is 12.4 Å². The molecule has 0 spiro atoms. The van der Waals surface area contributed by atoms with Crippen molar-refractivity contribution in [2.24, 2.45) is 0 Å². The Morgan fingerprint density at radius 1 is 1.15 bits per heavy atom. The summed E-state index contributed by atoms with van der Waals surface area (Å²) in [7, 11) is 0. The zero-order valence-electron chi connectivity index (χ0n) is 15.1. The lowest BCUT2D eigenvalue weighted by molar-refractivity contribution is -0.124. The first kappa shape index (κ1) is 18.6. The fourth-order valence-corrected chi connectivity index (χ4v) is 3.83. The van der Waals surface area contributed by atoms with Gasteiger partial charge in [0, 0.05) is 17.7 Å². The minimum absolute atomic E-state index is 0. The van der Waals surface area contributed by atoms with Crippen LogP contribution in [0.1, 0.15) is 50.3 Å². The zero-order chi connectivity index (χ0) is 17.7. The quantitative estimate of drug-likeness (QED) is 0.796. The second-order valence-corrected chi connectivity index (χ2v) is 7.84. The van der Waals surface area contributed by atoms with E-state index in [2.05, 4.69) is 19.2 Å². The molecule has 1 saturated carbocycles. The number of anilines is 1. The molecule has 0 saturated heterocycles. The van der Waals surface area contributed by atoms with E-state index in [9.17, 15) is 4.79 Å². The molecule has 0 aromatic heterocycles. The Bertz CT molecular complexity index is 816. The average molecular weight is 373 g/mol. The first-order chi connectivity index (χ1) is 11.9. The van der Waals surface area contributed by atoms with E-state index in [1.807, 2.05) is 48.5 Å². The normalized spacial score (nSPS) is 21.5. The molecule has 2 aliphatic rings. The molecule has 4 nitrogen and oxygen atoms in total. The highest BCUT2D eigenvalue weighted by atomic mass is 35.5. The van der Waals surface area contributed by atoms with Gasteiger partial charge >= 0.3 is 0 Å². The fourth-order valence-electron chi connectivity index (χ4n) is 3.83. The summed E-state index contributed by atoms with van der Waals surface area (Å²) < 4.78 is 6.07. The van der Waals surface area contributed by atoms with Gasteiger partial charge in [0.05, 0.1) is 11.5 Å². The van der Waals surface area contributed by atoms with E-state index in [0.29, 0.717) is 5.69 Å². The number of benzene rings is 2. The van der Waals surface area contributed by atoms with Gasteiger partial charge in [0.1, 0.15) is 11.4 Å². The molecule has 0 radical (unpaired) electrons. The van der Waals surface area contributed by atoms with Gasteiger partial charge < -0.3 is 15.8 Å². The van der Waals surface area contributed by atoms with Crippen LogP contribution >= 0.6 is 12.4 Å². The van der Waals surface area contributed by atoms with Gasteiger partial charge in [-0.05, 0) is 50.5 Å². The van der Waals surface area contributed by atoms with E-state index >= 15 is 0 Å². The Labute approximate surface area is 160 Å². The number of halogens is 1. The van der Waals surface area contributed by atoms with Gasteiger partial charge in [-0.2, -0.15) is 0 Å². The Morgan fingerprint density at radius 2 is 1.85 bits per heavy atom. The molecule has 0 bridgehead atoms. The number of nitrogen functional groups attached to an aromatic ring is 1. The fraction of sp³-hybridized carbons (Fsp3) is 0.381. The molecule has 1 atom stereocenters. The SMILES string of the molecule is CC1(C)CC(NC(=O)C2(c3ccccc3)CC2)c2cc(N)ccc2O1.Cl. The maximum atomic E-state index is 13.1. The van der Waals surface area contributed by atoms with Crippen LogP contribution in [0.5, 0.6) is 5.75 Å². The highest BCUT2D eigenvalue weighted by Gasteiger charge is 2.52. The number of hydrogen-bond acceptors (Lipinski definition) is 3. The molecular weight excluding hydrogens is 348 g/mol. The second-order valence-electron chi connectivity index (χ2n) is 7.84. The monoisotopic (exact) mass is 372 g/mol. The summed E-state index contributed by atoms with van der Waals surface area (Å²) in [5.74, 6) is 0.912. The Balaban J connectivity index is 0.00000196. The minimum atomic E-state index is -0.371. The number of hydrogen-bond donors (Lipinski definition) is 2. The molecule has 4 rings (SSSR count). The highest BCUT2D eigenvalue weighted by molar-refractivity contribution is 5.91. The van der Waals surface area contributed by atoms with Gasteiger partial charge in [0.15, 0.2) is 0 Å². The molecule has 2 aromatic rings. The van der Waals surface area contributed by atoms with E-state index < -0.39 is 0 Å². The third kappa shape index (κ3) is 3.26. The molecular formula is C21H25ClN2O2. The molecule has 1 heterocycles. The van der Waals surface area contributed by atoms with E-state index in [1.165, 1.54) is 0 Å². The largest absolute Gasteiger partial charge is 0.487 e. The lowest BCUT2D eigenvalue weighted by Crippen LogP contribution is -2.44. The van der Waals surface area contributed by atoms with Crippen LogP contribution in [0.25, 0.3) is 0 Å². The standard InChI is InChI=1S/C21H24N2O2.ClH/c1-20(2)13-17(16-12-15(22)8-9-18(16)25-20)23-19(24)21(10-11-21)14-6-4-3-5-7-14;/h3-9,12,17H,10-11,13,22H2,1-2H3,(H,23,24);1H. The first-order valence-corrected chi connectivity index (χ1v) is 8.85. The van der Waals surface area contributed by atoms with Crippen molar-refractivity contribution in [1.82, 2.24) is 5.32 Å². The molecule has 26 heavy (non-hydrogen) atoms. The lowest BCUT2D eigenvalue weighted by Gasteiger charge is -2.38. The Hall–Kier alpha value is -2.20. The summed E-state index contributed by atoms with van der Waals surface area (Å²) in [5, 5.41) is 3.28. The van der Waals surface area contributed by atoms with Gasteiger partial charge in [-0.3, -0.25) is 4.79 Å². The van der Waals surface area contributed by atoms with Gasteiger partial charge in [-0.1, -0.05) is 30.3 Å². The van der Waals surface area contributed by atoms with E-state index in [0.717, 1.165) is 36.1 Å². The Morgan fingerprint density at radius 3 is 2.50 bits per heavy atom. The first-order valence-electron chi connectivity index (χ1n) is 8.85. The van der Waals surface area contributed by atoms with Gasteiger partial charge in [0.2, 0.25) is 5.91 Å². The molecule has 3 N–H and O–H groups in total.